The van der Waals surface area contributed by atoms with Crippen molar-refractivity contribution in [3.8, 4) is 5.75 Å². The summed E-state index contributed by atoms with van der Waals surface area (Å²) in [6.07, 6.45) is 2.35. The first-order chi connectivity index (χ1) is 14.9. The molecule has 5 heteroatoms. The molecule has 0 bridgehead atoms. The van der Waals surface area contributed by atoms with Gasteiger partial charge in [0.2, 0.25) is 0 Å². The van der Waals surface area contributed by atoms with Crippen LogP contribution in [-0.2, 0) is 4.79 Å². The molecular weight excluding hydrogens is 393 g/mol. The van der Waals surface area contributed by atoms with Gasteiger partial charge >= 0.3 is 5.97 Å². The minimum absolute atomic E-state index is 0.127. The third-order valence-electron chi connectivity index (χ3n) is 6.30. The highest BCUT2D eigenvalue weighted by molar-refractivity contribution is 5.86. The Morgan fingerprint density at radius 2 is 1.74 bits per heavy atom. The van der Waals surface area contributed by atoms with Crippen LogP contribution in [0.1, 0.15) is 56.2 Å². The molecule has 3 unspecified atom stereocenters. The van der Waals surface area contributed by atoms with Crippen LogP contribution in [0.25, 0.3) is 10.8 Å². The van der Waals surface area contributed by atoms with Crippen molar-refractivity contribution in [1.29, 1.82) is 0 Å². The van der Waals surface area contributed by atoms with Crippen LogP contribution in [0.3, 0.4) is 0 Å². The molecule has 4 atom stereocenters. The van der Waals surface area contributed by atoms with Crippen LogP contribution in [0.4, 0.5) is 4.39 Å². The number of carbonyl (C=O) groups is 1. The summed E-state index contributed by atoms with van der Waals surface area (Å²) < 4.78 is 19.6. The standard InChI is InChI=1S/C26H28FNO3/c1-16(22-13-14-25(27)24-6-4-3-5-23(22)24)28-20-10-7-19(15-20)18-8-11-21(12-9-18)31-17(2)26(29)30/h3-6,8-9,11-14,16-17,19-20,28H,7,10,15H2,1-2H3,(H,29,30)/t16-,17?,19?,20?/m1/s1. The predicted molar refractivity (Wildman–Crippen MR) is 120 cm³/mol. The largest absolute Gasteiger partial charge is 0.479 e. The number of ether oxygens (including phenoxy) is 1. The molecule has 0 aliphatic heterocycles. The second kappa shape index (κ2) is 9.06. The lowest BCUT2D eigenvalue weighted by atomic mass is 9.96. The second-order valence-corrected chi connectivity index (χ2v) is 8.44. The van der Waals surface area contributed by atoms with Gasteiger partial charge in [-0.15, -0.1) is 0 Å². The Morgan fingerprint density at radius 1 is 1.03 bits per heavy atom. The number of fused-ring (bicyclic) bond motifs is 1. The number of aliphatic carboxylic acids is 1. The van der Waals surface area contributed by atoms with Crippen molar-refractivity contribution >= 4 is 16.7 Å². The van der Waals surface area contributed by atoms with Gasteiger partial charge in [-0.05, 0) is 73.7 Å². The molecule has 31 heavy (non-hydrogen) atoms. The molecule has 1 fully saturated rings. The third kappa shape index (κ3) is 4.72. The molecule has 162 valence electrons. The topological polar surface area (TPSA) is 58.6 Å². The minimum Gasteiger partial charge on any atom is -0.479 e. The molecule has 0 spiro atoms. The Morgan fingerprint density at radius 3 is 2.45 bits per heavy atom. The molecule has 0 radical (unpaired) electrons. The molecule has 4 nitrogen and oxygen atoms in total. The van der Waals surface area contributed by atoms with Gasteiger partial charge in [0.05, 0.1) is 0 Å². The van der Waals surface area contributed by atoms with Crippen LogP contribution in [0, 0.1) is 5.82 Å². The molecule has 3 aromatic rings. The van der Waals surface area contributed by atoms with Crippen molar-refractivity contribution in [3.63, 3.8) is 0 Å². The van der Waals surface area contributed by atoms with Crippen molar-refractivity contribution in [3.05, 3.63) is 77.6 Å². The fraction of sp³-hybridized carbons (Fsp3) is 0.346. The number of rotatable bonds is 7. The number of hydrogen-bond acceptors (Lipinski definition) is 3. The molecule has 0 saturated heterocycles. The van der Waals surface area contributed by atoms with Gasteiger partial charge in [0.15, 0.2) is 6.10 Å². The van der Waals surface area contributed by atoms with Gasteiger partial charge in [0.1, 0.15) is 11.6 Å². The third-order valence-corrected chi connectivity index (χ3v) is 6.30. The lowest BCUT2D eigenvalue weighted by Gasteiger charge is -2.22. The maximum atomic E-state index is 14.2. The average molecular weight is 422 g/mol. The first-order valence-electron chi connectivity index (χ1n) is 10.8. The summed E-state index contributed by atoms with van der Waals surface area (Å²) in [4.78, 5) is 10.9. The first-order valence-corrected chi connectivity index (χ1v) is 10.8. The number of benzene rings is 3. The highest BCUT2D eigenvalue weighted by Crippen LogP contribution is 2.36. The zero-order valence-corrected chi connectivity index (χ0v) is 17.8. The van der Waals surface area contributed by atoms with Crippen LogP contribution in [-0.4, -0.2) is 23.2 Å². The number of halogens is 1. The van der Waals surface area contributed by atoms with Crippen LogP contribution < -0.4 is 10.1 Å². The number of carboxylic acids is 1. The Labute approximate surface area is 182 Å². The summed E-state index contributed by atoms with van der Waals surface area (Å²) in [5, 5.41) is 14.3. The zero-order chi connectivity index (χ0) is 22.0. The monoisotopic (exact) mass is 421 g/mol. The summed E-state index contributed by atoms with van der Waals surface area (Å²) in [6, 6.07) is 19.4. The van der Waals surface area contributed by atoms with E-state index < -0.39 is 12.1 Å². The summed E-state index contributed by atoms with van der Waals surface area (Å²) in [5.74, 6) is -0.127. The first kappa shape index (κ1) is 21.3. The Bertz CT molecular complexity index is 1070. The molecule has 1 saturated carbocycles. The normalized spacial score (nSPS) is 20.5. The lowest BCUT2D eigenvalue weighted by Crippen LogP contribution is -2.29. The van der Waals surface area contributed by atoms with E-state index >= 15 is 0 Å². The summed E-state index contributed by atoms with van der Waals surface area (Å²) in [5.41, 5.74) is 2.37. The minimum atomic E-state index is -0.975. The van der Waals surface area contributed by atoms with Crippen molar-refractivity contribution in [2.75, 3.05) is 0 Å². The average Bonchev–Trinajstić information content (AvgIpc) is 3.23. The van der Waals surface area contributed by atoms with Gasteiger partial charge in [-0.2, -0.15) is 0 Å². The lowest BCUT2D eigenvalue weighted by molar-refractivity contribution is -0.144. The maximum absolute atomic E-state index is 14.2. The molecule has 2 N–H and O–H groups in total. The van der Waals surface area contributed by atoms with Gasteiger partial charge in [-0.25, -0.2) is 9.18 Å². The molecule has 0 heterocycles. The molecular formula is C26H28FNO3. The van der Waals surface area contributed by atoms with Crippen molar-refractivity contribution < 1.29 is 19.0 Å². The highest BCUT2D eigenvalue weighted by Gasteiger charge is 2.27. The van der Waals surface area contributed by atoms with Gasteiger partial charge in [-0.1, -0.05) is 42.5 Å². The fourth-order valence-corrected chi connectivity index (χ4v) is 4.62. The van der Waals surface area contributed by atoms with E-state index in [9.17, 15) is 9.18 Å². The maximum Gasteiger partial charge on any atom is 0.344 e. The van der Waals surface area contributed by atoms with Crippen LogP contribution in [0.5, 0.6) is 5.75 Å². The summed E-state index contributed by atoms with van der Waals surface area (Å²) in [7, 11) is 0. The van der Waals surface area contributed by atoms with Crippen LogP contribution >= 0.6 is 0 Å². The zero-order valence-electron chi connectivity index (χ0n) is 17.8. The van der Waals surface area contributed by atoms with E-state index in [2.05, 4.69) is 12.2 Å². The van der Waals surface area contributed by atoms with E-state index in [-0.39, 0.29) is 11.9 Å². The summed E-state index contributed by atoms with van der Waals surface area (Å²) >= 11 is 0. The van der Waals surface area contributed by atoms with Crippen LogP contribution in [0.15, 0.2) is 60.7 Å². The number of carboxylic acid groups (broad SMARTS) is 1. The van der Waals surface area contributed by atoms with Gasteiger partial charge in [0.25, 0.3) is 0 Å². The van der Waals surface area contributed by atoms with Crippen LogP contribution in [0.2, 0.25) is 0 Å². The van der Waals surface area contributed by atoms with E-state index in [0.29, 0.717) is 23.1 Å². The molecule has 1 aliphatic carbocycles. The molecule has 1 aliphatic rings. The number of nitrogens with one attached hydrogen (secondary N) is 1. The van der Waals surface area contributed by atoms with Crippen molar-refractivity contribution in [2.24, 2.45) is 0 Å². The van der Waals surface area contributed by atoms with Crippen molar-refractivity contribution in [1.82, 2.24) is 5.32 Å². The fourth-order valence-electron chi connectivity index (χ4n) is 4.62. The molecule has 3 aromatic carbocycles. The summed E-state index contributed by atoms with van der Waals surface area (Å²) in [6.45, 7) is 3.66. The Balaban J connectivity index is 1.39. The van der Waals surface area contributed by atoms with Gasteiger partial charge in [-0.3, -0.25) is 0 Å². The quantitative estimate of drug-likeness (QED) is 0.505. The second-order valence-electron chi connectivity index (χ2n) is 8.44. The van der Waals surface area contributed by atoms with Crippen molar-refractivity contribution in [2.45, 2.75) is 57.2 Å². The molecule has 0 aromatic heterocycles. The Hall–Kier alpha value is -2.92. The molecule has 4 rings (SSSR count). The SMILES string of the molecule is CC(Oc1ccc(C2CCC(N[C@H](C)c3ccc(F)c4ccccc34)C2)cc1)C(=O)O. The predicted octanol–water partition coefficient (Wildman–Crippen LogP) is 5.82. The smallest absolute Gasteiger partial charge is 0.344 e. The van der Waals surface area contributed by atoms with Gasteiger partial charge in [0, 0.05) is 17.5 Å². The number of hydrogen-bond donors (Lipinski definition) is 2. The molecule has 0 amide bonds. The highest BCUT2D eigenvalue weighted by atomic mass is 19.1. The van der Waals surface area contributed by atoms with E-state index in [4.69, 9.17) is 9.84 Å². The Kier molecular flexibility index (Phi) is 6.23. The van der Waals surface area contributed by atoms with E-state index in [1.807, 2.05) is 54.6 Å². The van der Waals surface area contributed by atoms with Gasteiger partial charge < -0.3 is 15.2 Å². The van der Waals surface area contributed by atoms with E-state index in [1.165, 1.54) is 12.5 Å². The van der Waals surface area contributed by atoms with E-state index in [0.717, 1.165) is 30.2 Å². The van der Waals surface area contributed by atoms with E-state index in [1.54, 1.807) is 6.07 Å².